The van der Waals surface area contributed by atoms with Crippen LogP contribution in [0.2, 0.25) is 0 Å². The molecule has 1 N–H and O–H groups in total. The minimum absolute atomic E-state index is 0.145. The van der Waals surface area contributed by atoms with Gasteiger partial charge in [0.2, 0.25) is 5.91 Å². The van der Waals surface area contributed by atoms with Crippen LogP contribution < -0.4 is 10.1 Å². The van der Waals surface area contributed by atoms with Crippen molar-refractivity contribution in [1.82, 2.24) is 10.2 Å². The summed E-state index contributed by atoms with van der Waals surface area (Å²) in [4.78, 5) is 14.7. The van der Waals surface area contributed by atoms with E-state index in [0.717, 1.165) is 43.8 Å². The molecule has 0 radical (unpaired) electrons. The van der Waals surface area contributed by atoms with E-state index in [2.05, 4.69) is 17.1 Å². The number of hydrogen-bond acceptors (Lipinski definition) is 3. The van der Waals surface area contributed by atoms with Gasteiger partial charge in [-0.15, -0.1) is 0 Å². The number of hydrogen-bond donors (Lipinski definition) is 1. The van der Waals surface area contributed by atoms with Crippen LogP contribution in [0, 0.1) is 0 Å². The van der Waals surface area contributed by atoms with Gasteiger partial charge < -0.3 is 15.0 Å². The maximum absolute atomic E-state index is 12.7. The molecule has 2 rings (SSSR count). The molecule has 1 unspecified atom stereocenters. The molecule has 4 heteroatoms. The maximum Gasteiger partial charge on any atom is 0.227 e. The highest BCUT2D eigenvalue weighted by Gasteiger charge is 2.25. The van der Waals surface area contributed by atoms with E-state index in [-0.39, 0.29) is 12.0 Å². The first-order chi connectivity index (χ1) is 10.6. The van der Waals surface area contributed by atoms with Crippen molar-refractivity contribution in [3.05, 3.63) is 29.8 Å². The molecular formula is C18H28N2O2. The van der Waals surface area contributed by atoms with Crippen LogP contribution in [0.25, 0.3) is 0 Å². The van der Waals surface area contributed by atoms with Crippen molar-refractivity contribution in [2.75, 3.05) is 19.6 Å². The highest BCUT2D eigenvalue weighted by atomic mass is 16.5. The second-order valence-electron chi connectivity index (χ2n) is 6.22. The summed E-state index contributed by atoms with van der Waals surface area (Å²) in [5, 5.41) is 3.35. The van der Waals surface area contributed by atoms with Crippen molar-refractivity contribution < 1.29 is 9.53 Å². The maximum atomic E-state index is 12.7. The van der Waals surface area contributed by atoms with E-state index < -0.39 is 0 Å². The summed E-state index contributed by atoms with van der Waals surface area (Å²) >= 11 is 0. The number of ether oxygens (including phenoxy) is 1. The molecule has 1 heterocycles. The molecule has 0 spiro atoms. The lowest BCUT2D eigenvalue weighted by Crippen LogP contribution is -2.42. The molecule has 1 saturated heterocycles. The first-order valence-electron chi connectivity index (χ1n) is 8.36. The van der Waals surface area contributed by atoms with Crippen LogP contribution >= 0.6 is 0 Å². The summed E-state index contributed by atoms with van der Waals surface area (Å²) in [6.07, 6.45) is 2.65. The van der Waals surface area contributed by atoms with E-state index in [0.29, 0.717) is 12.5 Å². The molecular weight excluding hydrogens is 276 g/mol. The van der Waals surface area contributed by atoms with Crippen LogP contribution in [0.15, 0.2) is 24.3 Å². The molecule has 0 saturated carbocycles. The largest absolute Gasteiger partial charge is 0.491 e. The van der Waals surface area contributed by atoms with Gasteiger partial charge in [-0.2, -0.15) is 0 Å². The van der Waals surface area contributed by atoms with Crippen LogP contribution in [-0.4, -0.2) is 42.6 Å². The first-order valence-corrected chi connectivity index (χ1v) is 8.36. The van der Waals surface area contributed by atoms with E-state index in [4.69, 9.17) is 4.74 Å². The van der Waals surface area contributed by atoms with Gasteiger partial charge in [0.15, 0.2) is 0 Å². The average Bonchev–Trinajstić information content (AvgIpc) is 2.98. The van der Waals surface area contributed by atoms with E-state index in [1.54, 1.807) is 0 Å². The third-order valence-electron chi connectivity index (χ3n) is 3.89. The highest BCUT2D eigenvalue weighted by molar-refractivity contribution is 5.79. The predicted octanol–water partition coefficient (Wildman–Crippen LogP) is 2.62. The molecule has 1 aliphatic rings. The summed E-state index contributed by atoms with van der Waals surface area (Å²) < 4.78 is 5.71. The third kappa shape index (κ3) is 4.73. The topological polar surface area (TPSA) is 41.6 Å². The summed E-state index contributed by atoms with van der Waals surface area (Å²) in [5.74, 6) is 1.06. The lowest BCUT2D eigenvalue weighted by molar-refractivity contribution is -0.132. The Hall–Kier alpha value is -1.55. The van der Waals surface area contributed by atoms with Gasteiger partial charge in [0.25, 0.3) is 0 Å². The van der Waals surface area contributed by atoms with Gasteiger partial charge in [-0.3, -0.25) is 4.79 Å². The number of carbonyl (C=O) groups is 1. The molecule has 122 valence electrons. The quantitative estimate of drug-likeness (QED) is 0.842. The first kappa shape index (κ1) is 16.8. The minimum atomic E-state index is 0.145. The van der Waals surface area contributed by atoms with Gasteiger partial charge in [-0.25, -0.2) is 0 Å². The van der Waals surface area contributed by atoms with Crippen molar-refractivity contribution in [2.45, 2.75) is 52.2 Å². The molecule has 22 heavy (non-hydrogen) atoms. The Balaban J connectivity index is 2.02. The molecule has 1 fully saturated rings. The summed E-state index contributed by atoms with van der Waals surface area (Å²) in [7, 11) is 0. The molecule has 0 bridgehead atoms. The third-order valence-corrected chi connectivity index (χ3v) is 3.89. The van der Waals surface area contributed by atoms with Crippen LogP contribution in [0.5, 0.6) is 5.75 Å². The lowest BCUT2D eigenvalue weighted by atomic mass is 10.1. The number of nitrogens with zero attached hydrogens (tertiary/aromatic N) is 1. The van der Waals surface area contributed by atoms with Crippen molar-refractivity contribution in [1.29, 1.82) is 0 Å². The van der Waals surface area contributed by atoms with E-state index in [9.17, 15) is 4.79 Å². The van der Waals surface area contributed by atoms with Gasteiger partial charge in [0, 0.05) is 19.1 Å². The Morgan fingerprint density at radius 3 is 2.91 bits per heavy atom. The Labute approximate surface area is 133 Å². The predicted molar refractivity (Wildman–Crippen MR) is 89.2 cm³/mol. The molecule has 1 atom stereocenters. The van der Waals surface area contributed by atoms with Crippen molar-refractivity contribution in [3.8, 4) is 5.75 Å². The molecule has 1 aliphatic heterocycles. The van der Waals surface area contributed by atoms with Crippen molar-refractivity contribution >= 4 is 5.91 Å². The van der Waals surface area contributed by atoms with Crippen LogP contribution in [0.1, 0.15) is 39.2 Å². The van der Waals surface area contributed by atoms with Crippen molar-refractivity contribution in [3.63, 3.8) is 0 Å². The number of benzene rings is 1. The normalized spacial score (nSPS) is 17.7. The van der Waals surface area contributed by atoms with Gasteiger partial charge in [-0.05, 0) is 50.9 Å². The number of nitrogens with one attached hydrogen (secondary N) is 1. The molecule has 1 amide bonds. The fourth-order valence-corrected chi connectivity index (χ4v) is 2.93. The van der Waals surface area contributed by atoms with E-state index in [1.165, 1.54) is 0 Å². The van der Waals surface area contributed by atoms with E-state index in [1.807, 2.05) is 38.1 Å². The van der Waals surface area contributed by atoms with Crippen LogP contribution in [-0.2, 0) is 11.2 Å². The Kier molecular flexibility index (Phi) is 6.25. The molecule has 0 aliphatic carbocycles. The average molecular weight is 304 g/mol. The van der Waals surface area contributed by atoms with E-state index >= 15 is 0 Å². The molecule has 0 aromatic heterocycles. The zero-order valence-corrected chi connectivity index (χ0v) is 14.0. The number of carbonyl (C=O) groups excluding carboxylic acids is 1. The number of rotatable bonds is 7. The Morgan fingerprint density at radius 2 is 2.27 bits per heavy atom. The molecule has 1 aromatic rings. The second kappa shape index (κ2) is 8.18. The minimum Gasteiger partial charge on any atom is -0.491 e. The summed E-state index contributed by atoms with van der Waals surface area (Å²) in [6.45, 7) is 8.91. The summed E-state index contributed by atoms with van der Waals surface area (Å²) in [5.41, 5.74) is 1.02. The van der Waals surface area contributed by atoms with Crippen molar-refractivity contribution in [2.24, 2.45) is 0 Å². The standard InChI is InChI=1S/C18H28N2O2/c1-4-10-20(16-8-9-19-13-16)18(21)12-15-6-5-7-17(11-15)22-14(2)3/h5-7,11,14,16,19H,4,8-10,12-13H2,1-3H3. The zero-order valence-electron chi connectivity index (χ0n) is 14.0. The van der Waals surface area contributed by atoms with Crippen LogP contribution in [0.3, 0.4) is 0 Å². The van der Waals surface area contributed by atoms with Gasteiger partial charge in [0.05, 0.1) is 12.5 Å². The Morgan fingerprint density at radius 1 is 1.45 bits per heavy atom. The number of amides is 1. The SMILES string of the molecule is CCCN(C(=O)Cc1cccc(OC(C)C)c1)C1CCNC1. The molecule has 4 nitrogen and oxygen atoms in total. The lowest BCUT2D eigenvalue weighted by Gasteiger charge is -2.28. The van der Waals surface area contributed by atoms with Gasteiger partial charge in [-0.1, -0.05) is 19.1 Å². The van der Waals surface area contributed by atoms with Crippen LogP contribution in [0.4, 0.5) is 0 Å². The molecule has 1 aromatic carbocycles. The summed E-state index contributed by atoms with van der Waals surface area (Å²) in [6, 6.07) is 8.24. The fourth-order valence-electron chi connectivity index (χ4n) is 2.93. The van der Waals surface area contributed by atoms with Gasteiger partial charge >= 0.3 is 0 Å². The fraction of sp³-hybridized carbons (Fsp3) is 0.611. The smallest absolute Gasteiger partial charge is 0.227 e. The second-order valence-corrected chi connectivity index (χ2v) is 6.22. The Bertz CT molecular complexity index is 482. The van der Waals surface area contributed by atoms with Gasteiger partial charge in [0.1, 0.15) is 5.75 Å². The highest BCUT2D eigenvalue weighted by Crippen LogP contribution is 2.17. The zero-order chi connectivity index (χ0) is 15.9. The monoisotopic (exact) mass is 304 g/mol.